The van der Waals surface area contributed by atoms with E-state index in [1.807, 2.05) is 12.3 Å². The lowest BCUT2D eigenvalue weighted by atomic mass is 10.4. The molecule has 0 spiro atoms. The Morgan fingerprint density at radius 3 is 2.41 bits per heavy atom. The molecule has 9 nitrogen and oxygen atoms in total. The Bertz CT molecular complexity index is 972. The molecule has 2 aliphatic rings. The number of ether oxygens (including phenoxy) is 2. The molecule has 29 heavy (non-hydrogen) atoms. The van der Waals surface area contributed by atoms with E-state index >= 15 is 0 Å². The van der Waals surface area contributed by atoms with Crippen LogP contribution in [-0.2, 0) is 30.8 Å². The van der Waals surface area contributed by atoms with Gasteiger partial charge in [-0.15, -0.1) is 11.3 Å². The van der Waals surface area contributed by atoms with E-state index in [0.717, 1.165) is 5.69 Å². The summed E-state index contributed by atoms with van der Waals surface area (Å²) in [6, 6.07) is 1.62. The van der Waals surface area contributed by atoms with Crippen molar-refractivity contribution in [2.45, 2.75) is 18.4 Å². The number of aromatic nitrogens is 2. The van der Waals surface area contributed by atoms with E-state index in [0.29, 0.717) is 63.3 Å². The van der Waals surface area contributed by atoms with Gasteiger partial charge in [0.1, 0.15) is 16.4 Å². The molecule has 0 N–H and O–H groups in total. The topological polar surface area (TPSA) is 94.0 Å². The fourth-order valence-electron chi connectivity index (χ4n) is 3.40. The minimum Gasteiger partial charge on any atom is -0.379 e. The number of thiazole rings is 1. The Kier molecular flexibility index (Phi) is 6.02. The van der Waals surface area contributed by atoms with Crippen LogP contribution in [0.2, 0.25) is 0 Å². The van der Waals surface area contributed by atoms with Gasteiger partial charge in [0.15, 0.2) is 0 Å². The zero-order valence-electron chi connectivity index (χ0n) is 16.2. The number of morpholine rings is 2. The Hall–Kier alpha value is -1.79. The summed E-state index contributed by atoms with van der Waals surface area (Å²) in [5, 5.41) is 2.60. The van der Waals surface area contributed by atoms with Gasteiger partial charge in [-0.05, 0) is 13.0 Å². The predicted octanol–water partition coefficient (Wildman–Crippen LogP) is 0.800. The molecule has 1 amide bonds. The van der Waals surface area contributed by atoms with Crippen LogP contribution in [0.15, 0.2) is 22.5 Å². The van der Waals surface area contributed by atoms with Gasteiger partial charge in [-0.25, -0.2) is 13.4 Å². The molecular weight excluding hydrogens is 416 g/mol. The minimum atomic E-state index is -3.66. The molecule has 158 valence electrons. The van der Waals surface area contributed by atoms with Gasteiger partial charge in [0.2, 0.25) is 15.9 Å². The third-order valence-electron chi connectivity index (χ3n) is 4.99. The SMILES string of the molecule is Cc1csc(-c2cc(S(=O)(=O)N3CCOCC3)cn2CC(=O)N2CCOCC2)n1. The number of sulfonamides is 1. The molecule has 2 aromatic rings. The van der Waals surface area contributed by atoms with Crippen molar-refractivity contribution in [3.05, 3.63) is 23.3 Å². The van der Waals surface area contributed by atoms with Crippen LogP contribution in [-0.4, -0.2) is 85.7 Å². The molecule has 0 unspecified atom stereocenters. The summed E-state index contributed by atoms with van der Waals surface area (Å²) in [5.41, 5.74) is 1.49. The van der Waals surface area contributed by atoms with Crippen molar-refractivity contribution in [3.8, 4) is 10.7 Å². The number of carbonyl (C=O) groups is 1. The molecule has 4 rings (SSSR count). The molecule has 0 bridgehead atoms. The highest BCUT2D eigenvalue weighted by Crippen LogP contribution is 2.29. The first-order valence-electron chi connectivity index (χ1n) is 9.51. The highest BCUT2D eigenvalue weighted by molar-refractivity contribution is 7.89. The van der Waals surface area contributed by atoms with Gasteiger partial charge in [0, 0.05) is 43.4 Å². The van der Waals surface area contributed by atoms with Crippen molar-refractivity contribution in [2.75, 3.05) is 52.6 Å². The van der Waals surface area contributed by atoms with Crippen LogP contribution in [0, 0.1) is 6.92 Å². The van der Waals surface area contributed by atoms with Gasteiger partial charge in [0.25, 0.3) is 0 Å². The fourth-order valence-corrected chi connectivity index (χ4v) is 5.68. The Morgan fingerprint density at radius 2 is 1.79 bits per heavy atom. The number of amides is 1. The number of carbonyl (C=O) groups excluding carboxylic acids is 1. The summed E-state index contributed by atoms with van der Waals surface area (Å²) in [4.78, 5) is 19.2. The van der Waals surface area contributed by atoms with Crippen LogP contribution in [0.4, 0.5) is 0 Å². The number of hydrogen-bond donors (Lipinski definition) is 0. The standard InChI is InChI=1S/C18H24N4O5S2/c1-14-13-28-18(19-14)16-10-15(29(24,25)22-4-8-27-9-5-22)11-21(16)12-17(23)20-2-6-26-7-3-20/h10-11,13H,2-9,12H2,1H3. The van der Waals surface area contributed by atoms with Crippen LogP contribution < -0.4 is 0 Å². The fraction of sp³-hybridized carbons (Fsp3) is 0.556. The first-order chi connectivity index (χ1) is 13.9. The number of rotatable bonds is 5. The van der Waals surface area contributed by atoms with Crippen molar-refractivity contribution >= 4 is 27.3 Å². The summed E-state index contributed by atoms with van der Waals surface area (Å²) >= 11 is 1.43. The van der Waals surface area contributed by atoms with Crippen molar-refractivity contribution in [3.63, 3.8) is 0 Å². The van der Waals surface area contributed by atoms with Crippen LogP contribution in [0.5, 0.6) is 0 Å². The molecule has 0 aliphatic carbocycles. The summed E-state index contributed by atoms with van der Waals surface area (Å²) in [6.45, 7) is 5.50. The van der Waals surface area contributed by atoms with Crippen molar-refractivity contribution in [1.29, 1.82) is 0 Å². The van der Waals surface area contributed by atoms with E-state index in [9.17, 15) is 13.2 Å². The lowest BCUT2D eigenvalue weighted by Crippen LogP contribution is -2.42. The Balaban J connectivity index is 1.66. The second-order valence-electron chi connectivity index (χ2n) is 6.99. The quantitative estimate of drug-likeness (QED) is 0.683. The molecule has 0 saturated carbocycles. The van der Waals surface area contributed by atoms with Crippen LogP contribution in [0.3, 0.4) is 0 Å². The molecule has 2 aromatic heterocycles. The molecule has 11 heteroatoms. The molecule has 0 atom stereocenters. The van der Waals surface area contributed by atoms with Gasteiger partial charge in [0.05, 0.1) is 32.1 Å². The normalized spacial score (nSPS) is 18.9. The summed E-state index contributed by atoms with van der Waals surface area (Å²) in [5.74, 6) is -0.0613. The monoisotopic (exact) mass is 440 g/mol. The van der Waals surface area contributed by atoms with Gasteiger partial charge in [-0.1, -0.05) is 0 Å². The molecule has 4 heterocycles. The van der Waals surface area contributed by atoms with E-state index < -0.39 is 10.0 Å². The van der Waals surface area contributed by atoms with Crippen LogP contribution >= 0.6 is 11.3 Å². The minimum absolute atomic E-state index is 0.0613. The number of hydrogen-bond acceptors (Lipinski definition) is 7. The maximum absolute atomic E-state index is 13.1. The molecule has 2 fully saturated rings. The first-order valence-corrected chi connectivity index (χ1v) is 11.8. The van der Waals surface area contributed by atoms with E-state index in [4.69, 9.17) is 9.47 Å². The smallest absolute Gasteiger partial charge is 0.244 e. The zero-order valence-corrected chi connectivity index (χ0v) is 17.9. The third-order valence-corrected chi connectivity index (χ3v) is 7.83. The average Bonchev–Trinajstić information content (AvgIpc) is 3.36. The average molecular weight is 441 g/mol. The van der Waals surface area contributed by atoms with Crippen molar-refractivity contribution in [2.24, 2.45) is 0 Å². The number of nitrogens with zero attached hydrogens (tertiary/aromatic N) is 4. The Labute approximate surface area is 173 Å². The first kappa shape index (κ1) is 20.5. The zero-order chi connectivity index (χ0) is 20.4. The number of aryl methyl sites for hydroxylation is 1. The molecule has 2 saturated heterocycles. The summed E-state index contributed by atoms with van der Waals surface area (Å²) in [7, 11) is -3.66. The molecule has 0 aromatic carbocycles. The van der Waals surface area contributed by atoms with Crippen molar-refractivity contribution < 1.29 is 22.7 Å². The highest BCUT2D eigenvalue weighted by Gasteiger charge is 2.29. The van der Waals surface area contributed by atoms with Crippen LogP contribution in [0.25, 0.3) is 10.7 Å². The maximum Gasteiger partial charge on any atom is 0.244 e. The summed E-state index contributed by atoms with van der Waals surface area (Å²) < 4.78 is 39.9. The predicted molar refractivity (Wildman–Crippen MR) is 107 cm³/mol. The van der Waals surface area contributed by atoms with E-state index in [2.05, 4.69) is 4.98 Å². The van der Waals surface area contributed by atoms with Crippen molar-refractivity contribution in [1.82, 2.24) is 18.8 Å². The van der Waals surface area contributed by atoms with Gasteiger partial charge >= 0.3 is 0 Å². The second kappa shape index (κ2) is 8.52. The largest absolute Gasteiger partial charge is 0.379 e. The lowest BCUT2D eigenvalue weighted by Gasteiger charge is -2.27. The van der Waals surface area contributed by atoms with Gasteiger partial charge in [-0.3, -0.25) is 4.79 Å². The second-order valence-corrected chi connectivity index (χ2v) is 9.79. The van der Waals surface area contributed by atoms with Gasteiger partial charge in [-0.2, -0.15) is 4.31 Å². The molecule has 0 radical (unpaired) electrons. The van der Waals surface area contributed by atoms with E-state index in [-0.39, 0.29) is 17.3 Å². The summed E-state index contributed by atoms with van der Waals surface area (Å²) in [6.07, 6.45) is 1.55. The Morgan fingerprint density at radius 1 is 1.14 bits per heavy atom. The molecule has 2 aliphatic heterocycles. The molecular formula is C18H24N4O5S2. The van der Waals surface area contributed by atoms with E-state index in [1.54, 1.807) is 21.7 Å². The van der Waals surface area contributed by atoms with E-state index in [1.165, 1.54) is 15.6 Å². The van der Waals surface area contributed by atoms with Crippen LogP contribution in [0.1, 0.15) is 5.69 Å². The lowest BCUT2D eigenvalue weighted by molar-refractivity contribution is -0.135. The maximum atomic E-state index is 13.1. The van der Waals surface area contributed by atoms with Gasteiger partial charge < -0.3 is 18.9 Å². The highest BCUT2D eigenvalue weighted by atomic mass is 32.2. The third kappa shape index (κ3) is 4.38.